The summed E-state index contributed by atoms with van der Waals surface area (Å²) in [6.45, 7) is 1.65. The Morgan fingerprint density at radius 3 is 3.07 bits per heavy atom. The second kappa shape index (κ2) is 4.28. The van der Waals surface area contributed by atoms with Crippen molar-refractivity contribution in [2.75, 3.05) is 18.9 Å². The molecule has 1 fully saturated rings. The smallest absolute Gasteiger partial charge is 0.0588 e. The number of rotatable bonds is 1. The fourth-order valence-electron chi connectivity index (χ4n) is 1.67. The molecule has 0 aliphatic carbocycles. The summed E-state index contributed by atoms with van der Waals surface area (Å²) in [5.41, 5.74) is 7.60. The minimum atomic E-state index is 0.416. The fourth-order valence-corrected chi connectivity index (χ4v) is 1.89. The van der Waals surface area contributed by atoms with E-state index in [1.807, 2.05) is 6.07 Å². The van der Waals surface area contributed by atoms with Crippen molar-refractivity contribution in [2.24, 2.45) is 0 Å². The first-order valence-corrected chi connectivity index (χ1v) is 5.55. The van der Waals surface area contributed by atoms with E-state index in [-0.39, 0.29) is 0 Å². The molecule has 1 aliphatic rings. The van der Waals surface area contributed by atoms with Crippen LogP contribution in [0.5, 0.6) is 0 Å². The minimum absolute atomic E-state index is 0.416. The fraction of sp³-hybridized carbons (Fsp3) is 0.500. The van der Waals surface area contributed by atoms with Crippen LogP contribution in [0.4, 0.5) is 5.69 Å². The third-order valence-electron chi connectivity index (χ3n) is 2.48. The summed E-state index contributed by atoms with van der Waals surface area (Å²) in [5.74, 6) is 0.416. The number of halogens is 1. The standard InChI is InChI=1S/C10H13BrN2O/c11-8-5-13-10(4-9(8)12)7-2-1-3-14-6-7/h4-5,7H,1-3,6H2,(H2,12,13). The Morgan fingerprint density at radius 2 is 2.43 bits per heavy atom. The van der Waals surface area contributed by atoms with E-state index in [1.165, 1.54) is 0 Å². The number of nitrogen functional groups attached to an aromatic ring is 1. The normalized spacial score (nSPS) is 22.2. The molecule has 1 aliphatic heterocycles. The molecule has 0 saturated carbocycles. The molecule has 1 aromatic rings. The van der Waals surface area contributed by atoms with Crippen LogP contribution in [-0.4, -0.2) is 18.2 Å². The van der Waals surface area contributed by atoms with Gasteiger partial charge in [0.05, 0.1) is 11.1 Å². The van der Waals surface area contributed by atoms with Crippen LogP contribution in [0.3, 0.4) is 0 Å². The zero-order valence-corrected chi connectivity index (χ0v) is 9.46. The zero-order chi connectivity index (χ0) is 9.97. The first-order chi connectivity index (χ1) is 6.77. The highest BCUT2D eigenvalue weighted by Crippen LogP contribution is 2.27. The number of nitrogens with zero attached hydrogens (tertiary/aromatic N) is 1. The highest BCUT2D eigenvalue weighted by Gasteiger charge is 2.17. The molecule has 1 saturated heterocycles. The molecule has 14 heavy (non-hydrogen) atoms. The number of anilines is 1. The Labute approximate surface area is 91.8 Å². The predicted molar refractivity (Wildman–Crippen MR) is 59.1 cm³/mol. The van der Waals surface area contributed by atoms with Gasteiger partial charge in [-0.1, -0.05) is 0 Å². The largest absolute Gasteiger partial charge is 0.398 e. The molecule has 1 unspecified atom stereocenters. The van der Waals surface area contributed by atoms with Gasteiger partial charge >= 0.3 is 0 Å². The molecule has 0 amide bonds. The SMILES string of the molecule is Nc1cc(C2CCCOC2)ncc1Br. The summed E-state index contributed by atoms with van der Waals surface area (Å²) in [5, 5.41) is 0. The summed E-state index contributed by atoms with van der Waals surface area (Å²) in [4.78, 5) is 4.36. The van der Waals surface area contributed by atoms with Gasteiger partial charge in [0.25, 0.3) is 0 Å². The minimum Gasteiger partial charge on any atom is -0.398 e. The van der Waals surface area contributed by atoms with Crippen LogP contribution in [0.25, 0.3) is 0 Å². The van der Waals surface area contributed by atoms with Crippen molar-refractivity contribution < 1.29 is 4.74 Å². The van der Waals surface area contributed by atoms with Crippen LogP contribution in [-0.2, 0) is 4.74 Å². The Bertz CT molecular complexity index is 324. The van der Waals surface area contributed by atoms with E-state index in [2.05, 4.69) is 20.9 Å². The molecule has 3 nitrogen and oxygen atoms in total. The number of nitrogens with two attached hydrogens (primary N) is 1. The van der Waals surface area contributed by atoms with Crippen molar-refractivity contribution in [1.29, 1.82) is 0 Å². The molecule has 4 heteroatoms. The highest BCUT2D eigenvalue weighted by molar-refractivity contribution is 9.10. The number of ether oxygens (including phenoxy) is 1. The Balaban J connectivity index is 2.18. The van der Waals surface area contributed by atoms with Gasteiger partial charge in [-0.15, -0.1) is 0 Å². The second-order valence-electron chi connectivity index (χ2n) is 3.54. The average Bonchev–Trinajstić information content (AvgIpc) is 2.23. The molecule has 1 atom stereocenters. The Hall–Kier alpha value is -0.610. The molecule has 1 aromatic heterocycles. The molecule has 0 spiro atoms. The van der Waals surface area contributed by atoms with E-state index in [1.54, 1.807) is 6.20 Å². The van der Waals surface area contributed by atoms with Crippen molar-refractivity contribution in [2.45, 2.75) is 18.8 Å². The number of hydrogen-bond acceptors (Lipinski definition) is 3. The van der Waals surface area contributed by atoms with Crippen LogP contribution in [0.2, 0.25) is 0 Å². The maximum atomic E-state index is 5.80. The van der Waals surface area contributed by atoms with Gasteiger partial charge in [0.1, 0.15) is 0 Å². The maximum absolute atomic E-state index is 5.80. The number of pyridine rings is 1. The lowest BCUT2D eigenvalue weighted by Gasteiger charge is -2.21. The van der Waals surface area contributed by atoms with Gasteiger partial charge in [-0.05, 0) is 34.8 Å². The molecule has 2 N–H and O–H groups in total. The monoisotopic (exact) mass is 256 g/mol. The van der Waals surface area contributed by atoms with Crippen LogP contribution < -0.4 is 5.73 Å². The quantitative estimate of drug-likeness (QED) is 0.839. The van der Waals surface area contributed by atoms with E-state index in [9.17, 15) is 0 Å². The zero-order valence-electron chi connectivity index (χ0n) is 7.87. The van der Waals surface area contributed by atoms with Crippen molar-refractivity contribution in [1.82, 2.24) is 4.98 Å². The summed E-state index contributed by atoms with van der Waals surface area (Å²) in [6.07, 6.45) is 4.02. The molecular formula is C10H13BrN2O. The number of hydrogen-bond donors (Lipinski definition) is 1. The van der Waals surface area contributed by atoms with Gasteiger partial charge in [-0.2, -0.15) is 0 Å². The van der Waals surface area contributed by atoms with Crippen LogP contribution >= 0.6 is 15.9 Å². The van der Waals surface area contributed by atoms with Gasteiger partial charge < -0.3 is 10.5 Å². The van der Waals surface area contributed by atoms with E-state index >= 15 is 0 Å². The molecule has 0 bridgehead atoms. The topological polar surface area (TPSA) is 48.1 Å². The van der Waals surface area contributed by atoms with Gasteiger partial charge in [0.15, 0.2) is 0 Å². The first-order valence-electron chi connectivity index (χ1n) is 4.76. The van der Waals surface area contributed by atoms with Crippen LogP contribution in [0.1, 0.15) is 24.5 Å². The molecular weight excluding hydrogens is 244 g/mol. The van der Waals surface area contributed by atoms with E-state index in [0.29, 0.717) is 5.92 Å². The van der Waals surface area contributed by atoms with Gasteiger partial charge in [0, 0.05) is 30.1 Å². The third-order valence-corrected chi connectivity index (χ3v) is 3.15. The van der Waals surface area contributed by atoms with E-state index in [0.717, 1.165) is 41.9 Å². The lowest BCUT2D eigenvalue weighted by molar-refractivity contribution is 0.0793. The van der Waals surface area contributed by atoms with Gasteiger partial charge in [-0.3, -0.25) is 4.98 Å². The van der Waals surface area contributed by atoms with Crippen LogP contribution in [0, 0.1) is 0 Å². The maximum Gasteiger partial charge on any atom is 0.0588 e. The highest BCUT2D eigenvalue weighted by atomic mass is 79.9. The summed E-state index contributed by atoms with van der Waals surface area (Å²) >= 11 is 3.33. The second-order valence-corrected chi connectivity index (χ2v) is 4.40. The third kappa shape index (κ3) is 2.07. The van der Waals surface area contributed by atoms with Gasteiger partial charge in [-0.25, -0.2) is 0 Å². The van der Waals surface area contributed by atoms with Crippen molar-refractivity contribution in [3.05, 3.63) is 22.4 Å². The van der Waals surface area contributed by atoms with Crippen LogP contribution in [0.15, 0.2) is 16.7 Å². The first kappa shape index (κ1) is 9.93. The summed E-state index contributed by atoms with van der Waals surface area (Å²) in [6, 6.07) is 1.93. The molecule has 76 valence electrons. The Morgan fingerprint density at radius 1 is 1.57 bits per heavy atom. The van der Waals surface area contributed by atoms with Gasteiger partial charge in [0.2, 0.25) is 0 Å². The lowest BCUT2D eigenvalue weighted by atomic mass is 9.98. The molecule has 2 rings (SSSR count). The van der Waals surface area contributed by atoms with E-state index < -0.39 is 0 Å². The molecule has 2 heterocycles. The Kier molecular flexibility index (Phi) is 3.03. The molecule has 0 radical (unpaired) electrons. The lowest BCUT2D eigenvalue weighted by Crippen LogP contribution is -2.16. The van der Waals surface area contributed by atoms with Crippen molar-refractivity contribution >= 4 is 21.6 Å². The van der Waals surface area contributed by atoms with E-state index in [4.69, 9.17) is 10.5 Å². The van der Waals surface area contributed by atoms with Crippen molar-refractivity contribution in [3.8, 4) is 0 Å². The predicted octanol–water partition coefficient (Wildman–Crippen LogP) is 2.32. The number of aromatic nitrogens is 1. The van der Waals surface area contributed by atoms with Crippen molar-refractivity contribution in [3.63, 3.8) is 0 Å². The summed E-state index contributed by atoms with van der Waals surface area (Å²) < 4.78 is 6.27. The summed E-state index contributed by atoms with van der Waals surface area (Å²) in [7, 11) is 0. The molecule has 0 aromatic carbocycles. The average molecular weight is 257 g/mol.